The van der Waals surface area contributed by atoms with Gasteiger partial charge in [0.1, 0.15) is 0 Å². The molecule has 4 rings (SSSR count). The van der Waals surface area contributed by atoms with Gasteiger partial charge in [0.2, 0.25) is 0 Å². The minimum atomic E-state index is -3.93. The van der Waals surface area contributed by atoms with Gasteiger partial charge in [-0.15, -0.1) is 11.3 Å². The van der Waals surface area contributed by atoms with E-state index in [2.05, 4.69) is 20.0 Å². The van der Waals surface area contributed by atoms with Gasteiger partial charge in [0.15, 0.2) is 5.13 Å². The lowest BCUT2D eigenvalue weighted by molar-refractivity contribution is 0.102. The SMILES string of the molecule is O=C(Nc1nc(-c2ccccc2)cs1)c1ccncc1NS(=O)(=O)c1ccc(Cl)cc1. The smallest absolute Gasteiger partial charge is 0.261 e. The summed E-state index contributed by atoms with van der Waals surface area (Å²) in [5.41, 5.74) is 1.83. The monoisotopic (exact) mass is 470 g/mol. The van der Waals surface area contributed by atoms with Crippen molar-refractivity contribution in [1.29, 1.82) is 0 Å². The van der Waals surface area contributed by atoms with E-state index in [0.717, 1.165) is 11.3 Å². The molecule has 0 aliphatic rings. The number of carbonyl (C=O) groups is 1. The fourth-order valence-corrected chi connectivity index (χ4v) is 4.63. The van der Waals surface area contributed by atoms with Crippen molar-refractivity contribution in [2.24, 2.45) is 0 Å². The van der Waals surface area contributed by atoms with Crippen molar-refractivity contribution in [2.45, 2.75) is 4.90 Å². The first-order valence-electron chi connectivity index (χ1n) is 8.97. The van der Waals surface area contributed by atoms with Crippen LogP contribution >= 0.6 is 22.9 Å². The molecule has 4 aromatic rings. The van der Waals surface area contributed by atoms with E-state index in [4.69, 9.17) is 11.6 Å². The Morgan fingerprint density at radius 3 is 2.48 bits per heavy atom. The Labute approximate surface area is 187 Å². The number of nitrogens with zero attached hydrogens (tertiary/aromatic N) is 2. The summed E-state index contributed by atoms with van der Waals surface area (Å²) in [4.78, 5) is 21.2. The van der Waals surface area contributed by atoms with Crippen LogP contribution in [0.15, 0.2) is 83.3 Å². The molecule has 0 radical (unpaired) electrons. The van der Waals surface area contributed by atoms with Gasteiger partial charge in [0, 0.05) is 22.2 Å². The molecule has 0 saturated carbocycles. The average Bonchev–Trinajstić information content (AvgIpc) is 3.23. The highest BCUT2D eigenvalue weighted by atomic mass is 35.5. The molecule has 0 spiro atoms. The molecule has 156 valence electrons. The van der Waals surface area contributed by atoms with Crippen molar-refractivity contribution in [1.82, 2.24) is 9.97 Å². The van der Waals surface area contributed by atoms with Crippen LogP contribution in [0.4, 0.5) is 10.8 Å². The van der Waals surface area contributed by atoms with Crippen LogP contribution < -0.4 is 10.0 Å². The number of rotatable bonds is 6. The molecular formula is C21H15ClN4O3S2. The van der Waals surface area contributed by atoms with Gasteiger partial charge in [-0.2, -0.15) is 0 Å². The number of amides is 1. The number of hydrogen-bond acceptors (Lipinski definition) is 6. The molecule has 2 aromatic heterocycles. The van der Waals surface area contributed by atoms with Gasteiger partial charge in [-0.1, -0.05) is 41.9 Å². The standard InChI is InChI=1S/C21H15ClN4O3S2/c22-15-6-8-16(9-7-15)31(28,29)26-18-12-23-11-10-17(18)20(27)25-21-24-19(13-30-21)14-4-2-1-3-5-14/h1-13,26H,(H,24,25,27). The van der Waals surface area contributed by atoms with Crippen molar-refractivity contribution in [3.05, 3.63) is 89.0 Å². The lowest BCUT2D eigenvalue weighted by Crippen LogP contribution is -2.18. The maximum Gasteiger partial charge on any atom is 0.261 e. The van der Waals surface area contributed by atoms with Gasteiger partial charge in [-0.3, -0.25) is 19.8 Å². The predicted octanol–water partition coefficient (Wildman–Crippen LogP) is 4.91. The summed E-state index contributed by atoms with van der Waals surface area (Å²) >= 11 is 7.10. The van der Waals surface area contributed by atoms with Crippen molar-refractivity contribution in [2.75, 3.05) is 10.0 Å². The Morgan fingerprint density at radius 1 is 1.00 bits per heavy atom. The van der Waals surface area contributed by atoms with Crippen LogP contribution in [0.5, 0.6) is 0 Å². The lowest BCUT2D eigenvalue weighted by Gasteiger charge is -2.11. The zero-order valence-electron chi connectivity index (χ0n) is 15.8. The van der Waals surface area contributed by atoms with Gasteiger partial charge < -0.3 is 0 Å². The lowest BCUT2D eigenvalue weighted by atomic mass is 10.2. The average molecular weight is 471 g/mol. The van der Waals surface area contributed by atoms with E-state index >= 15 is 0 Å². The van der Waals surface area contributed by atoms with Crippen LogP contribution in [-0.2, 0) is 10.0 Å². The summed E-state index contributed by atoms with van der Waals surface area (Å²) < 4.78 is 27.8. The molecule has 0 saturated heterocycles. The Hall–Kier alpha value is -3.27. The molecular weight excluding hydrogens is 456 g/mol. The molecule has 0 bridgehead atoms. The number of carbonyl (C=O) groups excluding carboxylic acids is 1. The molecule has 10 heteroatoms. The van der Waals surface area contributed by atoms with Gasteiger partial charge in [-0.05, 0) is 30.3 Å². The highest BCUT2D eigenvalue weighted by Gasteiger charge is 2.20. The van der Waals surface area contributed by atoms with Crippen LogP contribution in [0.1, 0.15) is 10.4 Å². The number of sulfonamides is 1. The van der Waals surface area contributed by atoms with Gasteiger partial charge in [0.25, 0.3) is 15.9 Å². The molecule has 2 N–H and O–H groups in total. The van der Waals surface area contributed by atoms with Gasteiger partial charge in [-0.25, -0.2) is 13.4 Å². The maximum absolute atomic E-state index is 12.8. The van der Waals surface area contributed by atoms with Crippen molar-refractivity contribution < 1.29 is 13.2 Å². The van der Waals surface area contributed by atoms with Crippen LogP contribution in [-0.4, -0.2) is 24.3 Å². The second-order valence-electron chi connectivity index (χ2n) is 6.34. The first-order valence-corrected chi connectivity index (χ1v) is 11.7. The van der Waals surface area contributed by atoms with E-state index in [0.29, 0.717) is 10.2 Å². The third-order valence-corrected chi connectivity index (χ3v) is 6.62. The van der Waals surface area contributed by atoms with Crippen LogP contribution in [0.3, 0.4) is 0 Å². The highest BCUT2D eigenvalue weighted by Crippen LogP contribution is 2.26. The van der Waals surface area contributed by atoms with Crippen LogP contribution in [0.2, 0.25) is 5.02 Å². The summed E-state index contributed by atoms with van der Waals surface area (Å²) in [6.45, 7) is 0. The van der Waals surface area contributed by atoms with E-state index in [9.17, 15) is 13.2 Å². The third kappa shape index (κ3) is 4.91. The summed E-state index contributed by atoms with van der Waals surface area (Å²) in [7, 11) is -3.93. The van der Waals surface area contributed by atoms with Gasteiger partial charge in [0.05, 0.1) is 28.0 Å². The largest absolute Gasteiger partial charge is 0.298 e. The Kier molecular flexibility index (Phi) is 5.99. The molecule has 31 heavy (non-hydrogen) atoms. The summed E-state index contributed by atoms with van der Waals surface area (Å²) in [5.74, 6) is -0.509. The van der Waals surface area contributed by atoms with E-state index in [1.165, 1.54) is 54.1 Å². The second kappa shape index (κ2) is 8.84. The first kappa shape index (κ1) is 21.0. The number of benzene rings is 2. The summed E-state index contributed by atoms with van der Waals surface area (Å²) in [5, 5.41) is 5.36. The Morgan fingerprint density at radius 2 is 1.74 bits per heavy atom. The number of aromatic nitrogens is 2. The van der Waals surface area contributed by atoms with Crippen molar-refractivity contribution in [3.8, 4) is 11.3 Å². The molecule has 0 aliphatic heterocycles. The maximum atomic E-state index is 12.8. The van der Waals surface area contributed by atoms with Crippen LogP contribution in [0, 0.1) is 0 Å². The number of halogens is 1. The molecule has 1 amide bonds. The first-order chi connectivity index (χ1) is 14.9. The Bertz CT molecular complexity index is 1320. The fourth-order valence-electron chi connectivity index (χ4n) is 2.73. The molecule has 0 aliphatic carbocycles. The second-order valence-corrected chi connectivity index (χ2v) is 9.32. The summed E-state index contributed by atoms with van der Waals surface area (Å²) in [6.07, 6.45) is 2.69. The number of anilines is 2. The minimum absolute atomic E-state index is 0.0135. The molecule has 2 aromatic carbocycles. The predicted molar refractivity (Wildman–Crippen MR) is 122 cm³/mol. The molecule has 2 heterocycles. The number of pyridine rings is 1. The van der Waals surface area contributed by atoms with E-state index in [1.54, 1.807) is 0 Å². The fraction of sp³-hybridized carbons (Fsp3) is 0. The van der Waals surface area contributed by atoms with E-state index < -0.39 is 15.9 Å². The van der Waals surface area contributed by atoms with Crippen molar-refractivity contribution in [3.63, 3.8) is 0 Å². The zero-order valence-corrected chi connectivity index (χ0v) is 18.2. The number of hydrogen-bond donors (Lipinski definition) is 2. The van der Waals surface area contributed by atoms with Crippen molar-refractivity contribution >= 4 is 49.7 Å². The normalized spacial score (nSPS) is 11.1. The third-order valence-electron chi connectivity index (χ3n) is 4.23. The number of thiazole rings is 1. The number of nitrogens with one attached hydrogen (secondary N) is 2. The van der Waals surface area contributed by atoms with E-state index in [1.807, 2.05) is 35.7 Å². The van der Waals surface area contributed by atoms with Crippen LogP contribution in [0.25, 0.3) is 11.3 Å². The highest BCUT2D eigenvalue weighted by molar-refractivity contribution is 7.92. The molecule has 7 nitrogen and oxygen atoms in total. The Balaban J connectivity index is 1.55. The minimum Gasteiger partial charge on any atom is -0.298 e. The molecule has 0 fully saturated rings. The summed E-state index contributed by atoms with van der Waals surface area (Å²) in [6, 6.07) is 16.7. The molecule has 0 atom stereocenters. The molecule has 0 unspecified atom stereocenters. The quantitative estimate of drug-likeness (QED) is 0.417. The van der Waals surface area contributed by atoms with Gasteiger partial charge >= 0.3 is 0 Å². The van der Waals surface area contributed by atoms with E-state index in [-0.39, 0.29) is 16.1 Å². The zero-order chi connectivity index (χ0) is 21.8. The topological polar surface area (TPSA) is 101 Å².